The van der Waals surface area contributed by atoms with Gasteiger partial charge in [-0.25, -0.2) is 0 Å². The summed E-state index contributed by atoms with van der Waals surface area (Å²) in [6.07, 6.45) is 0.134. The Morgan fingerprint density at radius 2 is 2.00 bits per heavy atom. The predicted molar refractivity (Wildman–Crippen MR) is 48.8 cm³/mol. The van der Waals surface area contributed by atoms with Gasteiger partial charge in [0.15, 0.2) is 0 Å². The number of aliphatic hydroxyl groups excluding tert-OH is 1. The first-order valence-corrected chi connectivity index (χ1v) is 4.62. The fraction of sp³-hybridized carbons (Fsp3) is 0.333. The number of rotatable bonds is 2. The first-order chi connectivity index (χ1) is 5.81. The second kappa shape index (κ2) is 3.17. The molecule has 1 N–H and O–H groups in total. The molecule has 1 aliphatic heterocycles. The van der Waals surface area contributed by atoms with Crippen LogP contribution in [0.2, 0.25) is 0 Å². The van der Waals surface area contributed by atoms with Gasteiger partial charge in [0.2, 0.25) is 0 Å². The highest BCUT2D eigenvalue weighted by molar-refractivity contribution is 9.10. The Bertz CT molecular complexity index is 270. The van der Waals surface area contributed by atoms with Crippen LogP contribution < -0.4 is 0 Å². The summed E-state index contributed by atoms with van der Waals surface area (Å²) in [5.41, 5.74) is 1.14. The third kappa shape index (κ3) is 1.53. The van der Waals surface area contributed by atoms with Crippen LogP contribution in [0.15, 0.2) is 28.7 Å². The van der Waals surface area contributed by atoms with E-state index in [1.165, 1.54) is 0 Å². The van der Waals surface area contributed by atoms with Crippen molar-refractivity contribution in [1.29, 1.82) is 0 Å². The third-order valence-electron chi connectivity index (χ3n) is 1.96. The number of hydrogen-bond acceptors (Lipinski definition) is 2. The van der Waals surface area contributed by atoms with Crippen molar-refractivity contribution < 1.29 is 9.84 Å². The van der Waals surface area contributed by atoms with Crippen LogP contribution in [0.3, 0.4) is 0 Å². The zero-order valence-corrected chi connectivity index (χ0v) is 7.99. The van der Waals surface area contributed by atoms with Gasteiger partial charge in [0.25, 0.3) is 0 Å². The van der Waals surface area contributed by atoms with Crippen LogP contribution in [0.1, 0.15) is 11.7 Å². The largest absolute Gasteiger partial charge is 0.394 e. The molecule has 0 radical (unpaired) electrons. The highest BCUT2D eigenvalue weighted by Gasteiger charge is 2.39. The molecule has 0 aromatic heterocycles. The van der Waals surface area contributed by atoms with Gasteiger partial charge in [0.1, 0.15) is 12.2 Å². The molecule has 1 aliphatic rings. The highest BCUT2D eigenvalue weighted by Crippen LogP contribution is 2.38. The molecule has 1 unspecified atom stereocenters. The minimum absolute atomic E-state index is 0.0196. The average Bonchev–Trinajstić information content (AvgIpc) is 2.85. The lowest BCUT2D eigenvalue weighted by molar-refractivity contribution is 0.242. The Morgan fingerprint density at radius 3 is 2.50 bits per heavy atom. The lowest BCUT2D eigenvalue weighted by atomic mass is 10.1. The zero-order chi connectivity index (χ0) is 8.55. The van der Waals surface area contributed by atoms with Crippen LogP contribution in [-0.4, -0.2) is 17.8 Å². The van der Waals surface area contributed by atoms with Gasteiger partial charge in [-0.2, -0.15) is 0 Å². The SMILES string of the molecule is OC[C@H]1OC1c1ccc(Br)cc1. The molecule has 0 amide bonds. The van der Waals surface area contributed by atoms with Crippen molar-refractivity contribution in [2.24, 2.45) is 0 Å². The third-order valence-corrected chi connectivity index (χ3v) is 2.49. The van der Waals surface area contributed by atoms with E-state index in [2.05, 4.69) is 15.9 Å². The molecule has 0 aliphatic carbocycles. The first-order valence-electron chi connectivity index (χ1n) is 3.83. The molecule has 1 fully saturated rings. The zero-order valence-electron chi connectivity index (χ0n) is 6.40. The number of epoxide rings is 1. The maximum atomic E-state index is 8.76. The minimum atomic E-state index is 0.0196. The quantitative estimate of drug-likeness (QED) is 0.785. The van der Waals surface area contributed by atoms with Gasteiger partial charge in [-0.1, -0.05) is 28.1 Å². The van der Waals surface area contributed by atoms with E-state index >= 15 is 0 Å². The van der Waals surface area contributed by atoms with E-state index in [-0.39, 0.29) is 18.8 Å². The lowest BCUT2D eigenvalue weighted by Gasteiger charge is -1.94. The van der Waals surface area contributed by atoms with Crippen LogP contribution in [0, 0.1) is 0 Å². The van der Waals surface area contributed by atoms with E-state index in [9.17, 15) is 0 Å². The fourth-order valence-corrected chi connectivity index (χ4v) is 1.49. The van der Waals surface area contributed by atoms with Crippen molar-refractivity contribution in [3.05, 3.63) is 34.3 Å². The van der Waals surface area contributed by atoms with Gasteiger partial charge >= 0.3 is 0 Å². The molecule has 1 aromatic rings. The molecule has 0 saturated carbocycles. The fourth-order valence-electron chi connectivity index (χ4n) is 1.23. The van der Waals surface area contributed by atoms with E-state index in [0.717, 1.165) is 10.0 Å². The second-order valence-corrected chi connectivity index (χ2v) is 3.74. The average molecular weight is 229 g/mol. The Labute approximate surface area is 79.3 Å². The van der Waals surface area contributed by atoms with Gasteiger partial charge < -0.3 is 9.84 Å². The van der Waals surface area contributed by atoms with E-state index in [1.807, 2.05) is 24.3 Å². The van der Waals surface area contributed by atoms with Crippen molar-refractivity contribution in [3.8, 4) is 0 Å². The van der Waals surface area contributed by atoms with Crippen LogP contribution in [-0.2, 0) is 4.74 Å². The molecule has 0 spiro atoms. The van der Waals surface area contributed by atoms with Gasteiger partial charge in [0.05, 0.1) is 6.61 Å². The molecule has 2 rings (SSSR count). The number of benzene rings is 1. The van der Waals surface area contributed by atoms with Crippen LogP contribution >= 0.6 is 15.9 Å². The molecule has 0 bridgehead atoms. The summed E-state index contributed by atoms with van der Waals surface area (Å²) >= 11 is 3.36. The van der Waals surface area contributed by atoms with Crippen LogP contribution in [0.4, 0.5) is 0 Å². The molecular weight excluding hydrogens is 220 g/mol. The normalized spacial score (nSPS) is 27.2. The maximum absolute atomic E-state index is 8.76. The number of halogens is 1. The summed E-state index contributed by atoms with van der Waals surface area (Å²) in [5, 5.41) is 8.76. The van der Waals surface area contributed by atoms with Crippen LogP contribution in [0.25, 0.3) is 0 Å². The van der Waals surface area contributed by atoms with E-state index in [0.29, 0.717) is 0 Å². The number of aliphatic hydroxyl groups is 1. The summed E-state index contributed by atoms with van der Waals surface area (Å²) in [7, 11) is 0. The molecule has 1 heterocycles. The van der Waals surface area contributed by atoms with E-state index in [1.54, 1.807) is 0 Å². The van der Waals surface area contributed by atoms with Crippen molar-refractivity contribution in [2.45, 2.75) is 12.2 Å². The van der Waals surface area contributed by atoms with Crippen molar-refractivity contribution in [1.82, 2.24) is 0 Å². The van der Waals surface area contributed by atoms with Gasteiger partial charge in [0, 0.05) is 4.47 Å². The molecule has 64 valence electrons. The van der Waals surface area contributed by atoms with E-state index < -0.39 is 0 Å². The van der Waals surface area contributed by atoms with Crippen molar-refractivity contribution in [3.63, 3.8) is 0 Å². The van der Waals surface area contributed by atoms with Crippen molar-refractivity contribution in [2.75, 3.05) is 6.61 Å². The molecule has 3 heteroatoms. The lowest BCUT2D eigenvalue weighted by Crippen LogP contribution is -1.93. The summed E-state index contributed by atoms with van der Waals surface area (Å²) < 4.78 is 6.29. The maximum Gasteiger partial charge on any atom is 0.112 e. The molecule has 12 heavy (non-hydrogen) atoms. The summed E-state index contributed by atoms with van der Waals surface area (Å²) in [6, 6.07) is 7.96. The molecule has 2 nitrogen and oxygen atoms in total. The van der Waals surface area contributed by atoms with Crippen molar-refractivity contribution >= 4 is 15.9 Å². The topological polar surface area (TPSA) is 32.8 Å². The first kappa shape index (κ1) is 8.23. The monoisotopic (exact) mass is 228 g/mol. The number of ether oxygens (including phenoxy) is 1. The van der Waals surface area contributed by atoms with E-state index in [4.69, 9.17) is 9.84 Å². The summed E-state index contributed by atoms with van der Waals surface area (Å²) in [5.74, 6) is 0. The Balaban J connectivity index is 2.10. The van der Waals surface area contributed by atoms with Gasteiger partial charge in [-0.15, -0.1) is 0 Å². The standard InChI is InChI=1S/C9H9BrO2/c10-7-3-1-6(2-4-7)9-8(5-11)12-9/h1-4,8-9,11H,5H2/t8-,9?/m1/s1. The van der Waals surface area contributed by atoms with Gasteiger partial charge in [-0.05, 0) is 17.7 Å². The molecule has 1 aromatic carbocycles. The predicted octanol–water partition coefficient (Wildman–Crippen LogP) is 1.88. The highest BCUT2D eigenvalue weighted by atomic mass is 79.9. The molecule has 1 saturated heterocycles. The van der Waals surface area contributed by atoms with Gasteiger partial charge in [-0.3, -0.25) is 0 Å². The Hall–Kier alpha value is -0.380. The Kier molecular flexibility index (Phi) is 2.17. The minimum Gasteiger partial charge on any atom is -0.394 e. The smallest absolute Gasteiger partial charge is 0.112 e. The second-order valence-electron chi connectivity index (χ2n) is 2.83. The molecule has 2 atom stereocenters. The summed E-state index contributed by atoms with van der Waals surface area (Å²) in [6.45, 7) is 0.112. The molecular formula is C9H9BrO2. The van der Waals surface area contributed by atoms with Crippen LogP contribution in [0.5, 0.6) is 0 Å². The Morgan fingerprint density at radius 1 is 1.33 bits per heavy atom. The summed E-state index contributed by atoms with van der Waals surface area (Å²) in [4.78, 5) is 0. The number of hydrogen-bond donors (Lipinski definition) is 1.